The third-order valence-corrected chi connectivity index (χ3v) is 12.9. The van der Waals surface area contributed by atoms with Crippen LogP contribution in [0.1, 0.15) is 96.4 Å². The molecular formula is C47H63N9O5S. The lowest BCUT2D eigenvalue weighted by Crippen LogP contribution is -2.56. The standard InChI is InChI=1S/C47H63N9O5S/c1-30(33-18-20-34(21-19-33)43-32(3)49-29-62-43)50-31(2)38-26-35(57)28-56(38)46(61)44(47(4,5)6)51-41(59)16-10-8-7-9-11-17-42(60)55-24-22-54(23-25-55)39-27-37(52-53-45(39)48)36-14-12-13-15-40(36)58/h12-15,18-21,27,29-30,35,38,44,50,57-58H,2,7-11,16-17,22-26,28H2,1,3-6H3,(H2,48,53)(H,51,59)/t30-,35+,38-,44+/m0/s1. The van der Waals surface area contributed by atoms with Crippen LogP contribution < -0.4 is 21.3 Å². The number of aliphatic hydroxyl groups excluding tert-OH is 1. The van der Waals surface area contributed by atoms with E-state index in [9.17, 15) is 24.6 Å². The lowest BCUT2D eigenvalue weighted by Gasteiger charge is -2.36. The van der Waals surface area contributed by atoms with Gasteiger partial charge in [0.25, 0.3) is 0 Å². The highest BCUT2D eigenvalue weighted by Gasteiger charge is 2.43. The summed E-state index contributed by atoms with van der Waals surface area (Å²) in [6, 6.07) is 15.9. The largest absolute Gasteiger partial charge is 0.507 e. The smallest absolute Gasteiger partial charge is 0.246 e. The van der Waals surface area contributed by atoms with Crippen molar-refractivity contribution >= 4 is 40.6 Å². The van der Waals surface area contributed by atoms with Crippen LogP contribution in [0.3, 0.4) is 0 Å². The van der Waals surface area contributed by atoms with E-state index in [4.69, 9.17) is 5.73 Å². The summed E-state index contributed by atoms with van der Waals surface area (Å²) in [4.78, 5) is 51.7. The van der Waals surface area contributed by atoms with Crippen molar-refractivity contribution in [1.82, 2.24) is 35.6 Å². The summed E-state index contributed by atoms with van der Waals surface area (Å²) in [5.74, 6) is 0.157. The van der Waals surface area contributed by atoms with Crippen molar-refractivity contribution < 1.29 is 24.6 Å². The highest BCUT2D eigenvalue weighted by molar-refractivity contribution is 7.13. The van der Waals surface area contributed by atoms with E-state index in [2.05, 4.69) is 61.6 Å². The molecule has 6 rings (SSSR count). The lowest BCUT2D eigenvalue weighted by molar-refractivity contribution is -0.140. The van der Waals surface area contributed by atoms with Gasteiger partial charge >= 0.3 is 0 Å². The number of unbranched alkanes of at least 4 members (excludes halogenated alkanes) is 4. The Bertz CT molecular complexity index is 2180. The molecule has 4 heterocycles. The minimum atomic E-state index is -0.774. The molecule has 0 aliphatic carbocycles. The van der Waals surface area contributed by atoms with E-state index in [1.165, 1.54) is 0 Å². The number of phenolic OH excluding ortho intramolecular Hbond substituents is 1. The Hall–Kier alpha value is -5.54. The van der Waals surface area contributed by atoms with Gasteiger partial charge in [0, 0.05) is 69.3 Å². The molecule has 2 aliphatic rings. The van der Waals surface area contributed by atoms with E-state index >= 15 is 0 Å². The van der Waals surface area contributed by atoms with Gasteiger partial charge < -0.3 is 41.3 Å². The van der Waals surface area contributed by atoms with Crippen molar-refractivity contribution in [2.24, 2.45) is 5.41 Å². The van der Waals surface area contributed by atoms with Crippen LogP contribution in [-0.2, 0) is 14.4 Å². The number of hydrogen-bond acceptors (Lipinski definition) is 12. The van der Waals surface area contributed by atoms with Gasteiger partial charge in [-0.25, -0.2) is 4.98 Å². The number of likely N-dealkylation sites (tertiary alicyclic amines) is 1. The first-order chi connectivity index (χ1) is 29.6. The first-order valence-corrected chi connectivity index (χ1v) is 22.7. The average molecular weight is 866 g/mol. The number of nitrogens with one attached hydrogen (secondary N) is 2. The van der Waals surface area contributed by atoms with Crippen molar-refractivity contribution in [1.29, 1.82) is 0 Å². The van der Waals surface area contributed by atoms with Gasteiger partial charge in [0.05, 0.1) is 39.6 Å². The number of aryl methyl sites for hydroxylation is 1. The van der Waals surface area contributed by atoms with Crippen molar-refractivity contribution in [2.75, 3.05) is 43.4 Å². The van der Waals surface area contributed by atoms with Crippen LogP contribution in [0, 0.1) is 12.3 Å². The first kappa shape index (κ1) is 46.0. The van der Waals surface area contributed by atoms with E-state index < -0.39 is 23.6 Å². The molecule has 4 aromatic rings. The van der Waals surface area contributed by atoms with Crippen LogP contribution in [0.25, 0.3) is 21.7 Å². The maximum Gasteiger partial charge on any atom is 0.246 e. The highest BCUT2D eigenvalue weighted by Crippen LogP contribution is 2.33. The lowest BCUT2D eigenvalue weighted by atomic mass is 9.85. The minimum absolute atomic E-state index is 0.0838. The number of carbonyl (C=O) groups excluding carboxylic acids is 3. The van der Waals surface area contributed by atoms with Gasteiger partial charge in [-0.2, -0.15) is 0 Å². The summed E-state index contributed by atoms with van der Waals surface area (Å²) in [5.41, 5.74) is 13.2. The summed E-state index contributed by atoms with van der Waals surface area (Å²) in [6.07, 6.45) is 4.53. The van der Waals surface area contributed by atoms with E-state index in [1.807, 2.05) is 57.2 Å². The minimum Gasteiger partial charge on any atom is -0.507 e. The third kappa shape index (κ3) is 11.5. The number of aliphatic hydroxyl groups is 1. The second kappa shape index (κ2) is 20.6. The van der Waals surface area contributed by atoms with Gasteiger partial charge in [-0.3, -0.25) is 14.4 Å². The number of aromatic hydroxyl groups is 1. The molecule has 2 aromatic carbocycles. The molecule has 3 amide bonds. The number of β-amino-alcohol motifs (C(OH)–C–C–N with tert-alkyl or cyclic N) is 1. The van der Waals surface area contributed by atoms with E-state index in [1.54, 1.807) is 34.4 Å². The van der Waals surface area contributed by atoms with Gasteiger partial charge in [-0.1, -0.05) is 83.0 Å². The number of para-hydroxylation sites is 1. The maximum absolute atomic E-state index is 14.2. The van der Waals surface area contributed by atoms with Gasteiger partial charge in [0.15, 0.2) is 5.82 Å². The quantitative estimate of drug-likeness (QED) is 0.0720. The normalized spacial score (nSPS) is 17.7. The van der Waals surface area contributed by atoms with Crippen LogP contribution >= 0.6 is 11.3 Å². The number of rotatable bonds is 17. The van der Waals surface area contributed by atoms with Crippen molar-refractivity contribution in [3.8, 4) is 27.4 Å². The molecule has 0 spiro atoms. The Morgan fingerprint density at radius 1 is 0.952 bits per heavy atom. The molecule has 4 atom stereocenters. The number of anilines is 2. The fraction of sp³-hybridized carbons (Fsp3) is 0.489. The summed E-state index contributed by atoms with van der Waals surface area (Å²) < 4.78 is 0. The average Bonchev–Trinajstić information content (AvgIpc) is 3.87. The fourth-order valence-electron chi connectivity index (χ4n) is 8.31. The number of nitrogens with zero attached hydrogens (tertiary/aromatic N) is 6. The second-order valence-corrected chi connectivity index (χ2v) is 18.6. The summed E-state index contributed by atoms with van der Waals surface area (Å²) in [6.45, 7) is 16.7. The topological polar surface area (TPSA) is 190 Å². The number of thiazole rings is 1. The first-order valence-electron chi connectivity index (χ1n) is 21.8. The van der Waals surface area contributed by atoms with Crippen molar-refractivity contribution in [3.05, 3.63) is 83.6 Å². The molecule has 62 heavy (non-hydrogen) atoms. The molecule has 2 fully saturated rings. The van der Waals surface area contributed by atoms with Crippen LogP contribution in [0.4, 0.5) is 11.5 Å². The Morgan fingerprint density at radius 3 is 2.29 bits per heavy atom. The number of benzene rings is 2. The molecular weight excluding hydrogens is 803 g/mol. The Labute approximate surface area is 369 Å². The van der Waals surface area contributed by atoms with Crippen LogP contribution in [-0.4, -0.2) is 104 Å². The number of aromatic nitrogens is 3. The predicted molar refractivity (Wildman–Crippen MR) is 245 cm³/mol. The molecule has 0 radical (unpaired) electrons. The molecule has 2 saturated heterocycles. The molecule has 332 valence electrons. The second-order valence-electron chi connectivity index (χ2n) is 17.7. The molecule has 0 unspecified atom stereocenters. The number of nitrogens with two attached hydrogens (primary N) is 1. The number of phenols is 1. The van der Waals surface area contributed by atoms with Gasteiger partial charge in [-0.15, -0.1) is 21.5 Å². The number of nitrogen functional groups attached to an aromatic ring is 1. The number of hydrogen-bond donors (Lipinski definition) is 5. The van der Waals surface area contributed by atoms with E-state index in [0.29, 0.717) is 74.6 Å². The van der Waals surface area contributed by atoms with Crippen LogP contribution in [0.2, 0.25) is 0 Å². The molecule has 0 saturated carbocycles. The van der Waals surface area contributed by atoms with Crippen LogP contribution in [0.5, 0.6) is 5.75 Å². The van der Waals surface area contributed by atoms with E-state index in [-0.39, 0.29) is 36.1 Å². The zero-order valence-corrected chi connectivity index (χ0v) is 37.6. The summed E-state index contributed by atoms with van der Waals surface area (Å²) in [7, 11) is 0. The molecule has 14 nitrogen and oxygen atoms in total. The monoisotopic (exact) mass is 865 g/mol. The zero-order valence-electron chi connectivity index (χ0n) is 36.8. The highest BCUT2D eigenvalue weighted by atomic mass is 32.1. The van der Waals surface area contributed by atoms with Crippen LogP contribution in [0.15, 0.2) is 72.4 Å². The number of carbonyl (C=O) groups is 3. The zero-order chi connectivity index (χ0) is 44.6. The molecule has 2 aromatic heterocycles. The van der Waals surface area contributed by atoms with Crippen molar-refractivity contribution in [2.45, 2.75) is 110 Å². The molecule has 0 bridgehead atoms. The van der Waals surface area contributed by atoms with Crippen molar-refractivity contribution in [3.63, 3.8) is 0 Å². The van der Waals surface area contributed by atoms with Gasteiger partial charge in [0.2, 0.25) is 17.7 Å². The van der Waals surface area contributed by atoms with Gasteiger partial charge in [-0.05, 0) is 61.4 Å². The predicted octanol–water partition coefficient (Wildman–Crippen LogP) is 6.60. The SMILES string of the molecule is C=C(N[C@@H](C)c1ccc(-c2scnc2C)cc1)[C@@H]1C[C@@H](O)CN1C(=O)[C@@H](NC(=O)CCCCCCCC(=O)N1CCN(c2cc(-c3ccccc3O)nnc2N)CC1)C(C)(C)C. The summed E-state index contributed by atoms with van der Waals surface area (Å²) >= 11 is 1.62. The number of amides is 3. The molecule has 6 N–H and O–H groups in total. The van der Waals surface area contributed by atoms with Gasteiger partial charge in [0.1, 0.15) is 11.8 Å². The molecule has 2 aliphatic heterocycles. The Morgan fingerprint density at radius 2 is 1.63 bits per heavy atom. The number of piperazine rings is 1. The van der Waals surface area contributed by atoms with E-state index in [0.717, 1.165) is 53.1 Å². The maximum atomic E-state index is 14.2. The third-order valence-electron chi connectivity index (χ3n) is 12.0. The molecule has 15 heteroatoms. The Balaban J connectivity index is 0.902. The summed E-state index contributed by atoms with van der Waals surface area (Å²) in [5, 5.41) is 35.8. The fourth-order valence-corrected chi connectivity index (χ4v) is 9.12. The Kier molecular flexibility index (Phi) is 15.2.